The van der Waals surface area contributed by atoms with Gasteiger partial charge in [0.25, 0.3) is 0 Å². The Morgan fingerprint density at radius 2 is 1.94 bits per heavy atom. The monoisotopic (exact) mass is 417 g/mol. The van der Waals surface area contributed by atoms with E-state index in [4.69, 9.17) is 14.7 Å². The molecule has 5 heterocycles. The third-order valence-electron chi connectivity index (χ3n) is 5.87. The Kier molecular flexibility index (Phi) is 4.10. The Morgan fingerprint density at radius 3 is 2.74 bits per heavy atom. The van der Waals surface area contributed by atoms with Gasteiger partial charge < -0.3 is 13.9 Å². The molecule has 1 fully saturated rings. The molecule has 0 atom stereocenters. The van der Waals surface area contributed by atoms with E-state index in [2.05, 4.69) is 25.2 Å². The minimum absolute atomic E-state index is 0.225. The quantitative estimate of drug-likeness (QED) is 0.448. The summed E-state index contributed by atoms with van der Waals surface area (Å²) in [6, 6.07) is 8.78. The van der Waals surface area contributed by atoms with Gasteiger partial charge in [0, 0.05) is 38.6 Å². The number of hydrogen-bond donors (Lipinski definition) is 0. The maximum Gasteiger partial charge on any atom is 0.237 e. The molecule has 0 aliphatic carbocycles. The zero-order chi connectivity index (χ0) is 20.9. The number of ether oxygens (including phenoxy) is 1. The van der Waals surface area contributed by atoms with E-state index in [1.54, 1.807) is 23.2 Å². The molecular formula is C22H20FN7O. The van der Waals surface area contributed by atoms with Crippen LogP contribution in [0.5, 0.6) is 0 Å². The molecule has 0 radical (unpaired) electrons. The van der Waals surface area contributed by atoms with E-state index in [9.17, 15) is 4.39 Å². The van der Waals surface area contributed by atoms with Crippen LogP contribution in [0.3, 0.4) is 0 Å². The second-order valence-electron chi connectivity index (χ2n) is 7.78. The molecule has 0 amide bonds. The van der Waals surface area contributed by atoms with Crippen molar-refractivity contribution in [2.45, 2.75) is 18.9 Å². The summed E-state index contributed by atoms with van der Waals surface area (Å²) in [5, 5.41) is 0. The maximum absolute atomic E-state index is 13.9. The lowest BCUT2D eigenvalue weighted by Crippen LogP contribution is -2.21. The van der Waals surface area contributed by atoms with E-state index in [-0.39, 0.29) is 11.9 Å². The highest BCUT2D eigenvalue weighted by atomic mass is 19.1. The van der Waals surface area contributed by atoms with E-state index in [1.165, 1.54) is 12.1 Å². The van der Waals surface area contributed by atoms with Gasteiger partial charge in [-0.25, -0.2) is 19.3 Å². The van der Waals surface area contributed by atoms with Crippen molar-refractivity contribution in [3.8, 4) is 17.5 Å². The Bertz CT molecular complexity index is 1410. The smallest absolute Gasteiger partial charge is 0.237 e. The Hall–Kier alpha value is -3.59. The van der Waals surface area contributed by atoms with Crippen LogP contribution in [0.15, 0.2) is 49.1 Å². The topological polar surface area (TPSA) is 75.6 Å². The maximum atomic E-state index is 13.9. The van der Waals surface area contributed by atoms with E-state index >= 15 is 0 Å². The van der Waals surface area contributed by atoms with Gasteiger partial charge >= 0.3 is 0 Å². The number of fused-ring (bicyclic) bond motifs is 2. The van der Waals surface area contributed by atoms with Gasteiger partial charge in [-0.3, -0.25) is 4.57 Å². The number of aromatic nitrogens is 7. The summed E-state index contributed by atoms with van der Waals surface area (Å²) in [6.45, 7) is 1.42. The number of benzene rings is 1. The van der Waals surface area contributed by atoms with Gasteiger partial charge in [0.2, 0.25) is 5.95 Å². The molecule has 0 saturated carbocycles. The van der Waals surface area contributed by atoms with Crippen molar-refractivity contribution in [2.75, 3.05) is 13.2 Å². The normalized spacial score (nSPS) is 15.3. The lowest BCUT2D eigenvalue weighted by molar-refractivity contribution is 0.0708. The Morgan fingerprint density at radius 1 is 1.06 bits per heavy atom. The van der Waals surface area contributed by atoms with Crippen LogP contribution in [0.2, 0.25) is 0 Å². The molecule has 9 heteroatoms. The summed E-state index contributed by atoms with van der Waals surface area (Å²) in [5.41, 5.74) is 3.81. The van der Waals surface area contributed by atoms with Crippen LogP contribution in [0.1, 0.15) is 18.9 Å². The Labute approximate surface area is 177 Å². The zero-order valence-electron chi connectivity index (χ0n) is 16.9. The molecular weight excluding hydrogens is 397 g/mol. The van der Waals surface area contributed by atoms with Gasteiger partial charge in [0.15, 0.2) is 11.5 Å². The molecule has 31 heavy (non-hydrogen) atoms. The fourth-order valence-electron chi connectivity index (χ4n) is 4.30. The van der Waals surface area contributed by atoms with Crippen LogP contribution >= 0.6 is 0 Å². The van der Waals surface area contributed by atoms with Crippen molar-refractivity contribution in [2.24, 2.45) is 7.05 Å². The van der Waals surface area contributed by atoms with Gasteiger partial charge in [-0.05, 0) is 37.1 Å². The number of rotatable bonds is 3. The third-order valence-corrected chi connectivity index (χ3v) is 5.87. The minimum Gasteiger partial charge on any atom is -0.381 e. The van der Waals surface area contributed by atoms with Crippen molar-refractivity contribution in [3.05, 3.63) is 54.9 Å². The molecule has 1 aromatic carbocycles. The van der Waals surface area contributed by atoms with Crippen LogP contribution in [0.25, 0.3) is 39.7 Å². The first-order chi connectivity index (χ1) is 15.2. The lowest BCUT2D eigenvalue weighted by Gasteiger charge is -2.25. The van der Waals surface area contributed by atoms with Gasteiger partial charge in [-0.15, -0.1) is 0 Å². The van der Waals surface area contributed by atoms with Crippen LogP contribution in [-0.4, -0.2) is 46.9 Å². The molecule has 8 nitrogen and oxygen atoms in total. The highest BCUT2D eigenvalue weighted by Gasteiger charge is 2.25. The average molecular weight is 417 g/mol. The molecule has 1 aliphatic rings. The molecule has 0 unspecified atom stereocenters. The van der Waals surface area contributed by atoms with Crippen molar-refractivity contribution in [1.82, 2.24) is 33.6 Å². The number of halogens is 1. The predicted molar refractivity (Wildman–Crippen MR) is 113 cm³/mol. The SMILES string of the molecule is Cn1cccc1-c1nc2cnc(-n3cnc4ccc(F)cc43)nc2n1C1CCOCC1. The van der Waals surface area contributed by atoms with Crippen LogP contribution < -0.4 is 0 Å². The van der Waals surface area contributed by atoms with Crippen molar-refractivity contribution in [3.63, 3.8) is 0 Å². The molecule has 1 aliphatic heterocycles. The van der Waals surface area contributed by atoms with Crippen LogP contribution in [-0.2, 0) is 11.8 Å². The molecule has 156 valence electrons. The number of aryl methyl sites for hydroxylation is 1. The van der Waals surface area contributed by atoms with Crippen molar-refractivity contribution < 1.29 is 9.13 Å². The average Bonchev–Trinajstić information content (AvgIpc) is 3.49. The highest BCUT2D eigenvalue weighted by Crippen LogP contribution is 2.32. The summed E-state index contributed by atoms with van der Waals surface area (Å²) in [6.07, 6.45) is 7.14. The summed E-state index contributed by atoms with van der Waals surface area (Å²) in [7, 11) is 2.01. The van der Waals surface area contributed by atoms with Crippen LogP contribution in [0.4, 0.5) is 4.39 Å². The molecule has 0 bridgehead atoms. The van der Waals surface area contributed by atoms with E-state index in [1.807, 2.05) is 19.3 Å². The van der Waals surface area contributed by atoms with Crippen molar-refractivity contribution >= 4 is 22.2 Å². The summed E-state index contributed by atoms with van der Waals surface area (Å²) in [5.74, 6) is 0.975. The fraction of sp³-hybridized carbons (Fsp3) is 0.273. The summed E-state index contributed by atoms with van der Waals surface area (Å²) in [4.78, 5) is 18.6. The second-order valence-corrected chi connectivity index (χ2v) is 7.78. The lowest BCUT2D eigenvalue weighted by atomic mass is 10.1. The second kappa shape index (κ2) is 6.98. The standard InChI is InChI=1S/C22H20FN7O/c1-28-8-2-3-18(28)21-26-17-12-24-22(27-20(17)30(21)15-6-9-31-10-7-15)29-13-25-16-5-4-14(23)11-19(16)29/h2-5,8,11-13,15H,6-7,9-10H2,1H3. The van der Waals surface area contributed by atoms with Crippen molar-refractivity contribution in [1.29, 1.82) is 0 Å². The third kappa shape index (κ3) is 2.92. The first kappa shape index (κ1) is 18.2. The molecule has 6 rings (SSSR count). The summed E-state index contributed by atoms with van der Waals surface area (Å²) < 4.78 is 25.4. The van der Waals surface area contributed by atoms with Gasteiger partial charge in [-0.1, -0.05) is 0 Å². The van der Waals surface area contributed by atoms with E-state index in [0.717, 1.165) is 35.5 Å². The molecule has 1 saturated heterocycles. The fourth-order valence-corrected chi connectivity index (χ4v) is 4.30. The first-order valence-corrected chi connectivity index (χ1v) is 10.3. The number of hydrogen-bond acceptors (Lipinski definition) is 5. The molecule has 0 spiro atoms. The minimum atomic E-state index is -0.325. The van der Waals surface area contributed by atoms with Crippen LogP contribution in [0, 0.1) is 5.82 Å². The number of imidazole rings is 2. The summed E-state index contributed by atoms with van der Waals surface area (Å²) >= 11 is 0. The molecule has 4 aromatic heterocycles. The largest absolute Gasteiger partial charge is 0.381 e. The zero-order valence-corrected chi connectivity index (χ0v) is 16.9. The predicted octanol–water partition coefficient (Wildman–Crippen LogP) is 3.66. The van der Waals surface area contributed by atoms with Gasteiger partial charge in [-0.2, -0.15) is 4.98 Å². The van der Waals surface area contributed by atoms with E-state index in [0.29, 0.717) is 30.2 Å². The van der Waals surface area contributed by atoms with E-state index < -0.39 is 0 Å². The number of nitrogens with zero attached hydrogens (tertiary/aromatic N) is 7. The highest BCUT2D eigenvalue weighted by molar-refractivity contribution is 5.79. The first-order valence-electron chi connectivity index (χ1n) is 10.3. The molecule has 5 aromatic rings. The molecule has 0 N–H and O–H groups in total. The Balaban J connectivity index is 1.58. The van der Waals surface area contributed by atoms with Gasteiger partial charge in [0.1, 0.15) is 17.7 Å². The van der Waals surface area contributed by atoms with Gasteiger partial charge in [0.05, 0.1) is 22.9 Å².